The molecule has 8 heteroatoms. The highest BCUT2D eigenvalue weighted by Gasteiger charge is 2.27. The van der Waals surface area contributed by atoms with E-state index >= 15 is 0 Å². The number of piperidine rings is 1. The molecule has 0 aliphatic carbocycles. The Bertz CT molecular complexity index is 1360. The molecule has 1 fully saturated rings. The number of aromatic nitrogens is 2. The molecule has 2 heterocycles. The zero-order chi connectivity index (χ0) is 31.0. The lowest BCUT2D eigenvalue weighted by Gasteiger charge is -2.33. The van der Waals surface area contributed by atoms with Gasteiger partial charge in [-0.05, 0) is 87.9 Å². The molecule has 0 N–H and O–H groups in total. The fourth-order valence-electron chi connectivity index (χ4n) is 4.93. The standard InChI is InChI=1S/C35H45N3O5/c1-8-40-25(2)32-36-20-17-29(37-32)24-42-31-15-11-28(12-16-31)35(6,7)27-9-13-30(14-10-27)41-23-26-18-21-38(22-19-26)33(39)43-34(3,4)5/h9-17,20,26H,2,8,18-19,21-24H2,1,3-7H3. The fraction of sp³-hybridized carbons (Fsp3) is 0.457. The van der Waals surface area contributed by atoms with Crippen LogP contribution >= 0.6 is 0 Å². The average Bonchev–Trinajstić information content (AvgIpc) is 2.99. The molecule has 0 atom stereocenters. The van der Waals surface area contributed by atoms with E-state index in [-0.39, 0.29) is 11.5 Å². The van der Waals surface area contributed by atoms with Gasteiger partial charge in [-0.25, -0.2) is 14.8 Å². The van der Waals surface area contributed by atoms with Gasteiger partial charge in [-0.1, -0.05) is 44.7 Å². The maximum Gasteiger partial charge on any atom is 0.410 e. The number of likely N-dealkylation sites (tertiary alicyclic amines) is 1. The molecule has 2 aromatic carbocycles. The van der Waals surface area contributed by atoms with Gasteiger partial charge in [0.2, 0.25) is 0 Å². The normalized spacial score (nSPS) is 14.2. The van der Waals surface area contributed by atoms with Crippen LogP contribution in [0, 0.1) is 5.92 Å². The van der Waals surface area contributed by atoms with Gasteiger partial charge in [-0.15, -0.1) is 0 Å². The zero-order valence-corrected chi connectivity index (χ0v) is 26.4. The van der Waals surface area contributed by atoms with Crippen LogP contribution < -0.4 is 9.47 Å². The summed E-state index contributed by atoms with van der Waals surface area (Å²) in [4.78, 5) is 22.8. The molecule has 0 spiro atoms. The quantitative estimate of drug-likeness (QED) is 0.216. The molecule has 3 aromatic rings. The van der Waals surface area contributed by atoms with E-state index in [4.69, 9.17) is 18.9 Å². The van der Waals surface area contributed by atoms with Crippen molar-refractivity contribution in [1.29, 1.82) is 0 Å². The number of rotatable bonds is 11. The van der Waals surface area contributed by atoms with Crippen LogP contribution in [-0.2, 0) is 21.5 Å². The molecule has 1 saturated heterocycles. The van der Waals surface area contributed by atoms with Gasteiger partial charge in [0.25, 0.3) is 0 Å². The maximum atomic E-state index is 12.3. The van der Waals surface area contributed by atoms with Crippen molar-refractivity contribution in [2.75, 3.05) is 26.3 Å². The third kappa shape index (κ3) is 8.96. The molecule has 0 saturated carbocycles. The molecule has 4 rings (SSSR count). The van der Waals surface area contributed by atoms with E-state index in [9.17, 15) is 4.79 Å². The van der Waals surface area contributed by atoms with Gasteiger partial charge in [0.15, 0.2) is 11.6 Å². The van der Waals surface area contributed by atoms with Crippen LogP contribution in [0.3, 0.4) is 0 Å². The van der Waals surface area contributed by atoms with Gasteiger partial charge in [0, 0.05) is 24.7 Å². The number of nitrogens with zero attached hydrogens (tertiary/aromatic N) is 3. The SMILES string of the molecule is C=C(OCC)c1nccc(COc2ccc(C(C)(C)c3ccc(OCC4CCN(C(=O)OC(C)(C)C)CC4)cc3)cc2)n1. The summed E-state index contributed by atoms with van der Waals surface area (Å²) in [5.41, 5.74) is 2.46. The number of carbonyl (C=O) groups excluding carboxylic acids is 1. The topological polar surface area (TPSA) is 83.0 Å². The third-order valence-corrected chi connectivity index (χ3v) is 7.57. The minimum atomic E-state index is -0.472. The van der Waals surface area contributed by atoms with Crippen molar-refractivity contribution < 1.29 is 23.7 Å². The van der Waals surface area contributed by atoms with Crippen molar-refractivity contribution in [3.63, 3.8) is 0 Å². The lowest BCUT2D eigenvalue weighted by molar-refractivity contribution is 0.0165. The molecule has 1 aliphatic rings. The summed E-state index contributed by atoms with van der Waals surface area (Å²) in [6, 6.07) is 18.4. The Kier molecular flexibility index (Phi) is 10.3. The highest BCUT2D eigenvalue weighted by atomic mass is 16.6. The molecule has 0 bridgehead atoms. The second kappa shape index (κ2) is 13.9. The summed E-state index contributed by atoms with van der Waals surface area (Å²) in [5.74, 6) is 2.96. The van der Waals surface area contributed by atoms with E-state index in [0.29, 0.717) is 50.4 Å². The molecular weight excluding hydrogens is 542 g/mol. The highest BCUT2D eigenvalue weighted by molar-refractivity contribution is 5.68. The van der Waals surface area contributed by atoms with Gasteiger partial charge in [0.1, 0.15) is 23.7 Å². The smallest absolute Gasteiger partial charge is 0.410 e. The first-order valence-electron chi connectivity index (χ1n) is 15.0. The first-order chi connectivity index (χ1) is 20.4. The zero-order valence-electron chi connectivity index (χ0n) is 26.4. The lowest BCUT2D eigenvalue weighted by Crippen LogP contribution is -2.42. The second-order valence-electron chi connectivity index (χ2n) is 12.4. The Morgan fingerprint density at radius 3 is 2.05 bits per heavy atom. The molecule has 1 aliphatic heterocycles. The minimum absolute atomic E-state index is 0.202. The molecule has 8 nitrogen and oxygen atoms in total. The Morgan fingerprint density at radius 1 is 0.907 bits per heavy atom. The van der Waals surface area contributed by atoms with Crippen LogP contribution in [0.4, 0.5) is 4.79 Å². The summed E-state index contributed by atoms with van der Waals surface area (Å²) in [6.07, 6.45) is 3.28. The van der Waals surface area contributed by atoms with E-state index in [2.05, 4.69) is 54.7 Å². The summed E-state index contributed by atoms with van der Waals surface area (Å²) < 4.78 is 23.0. The predicted octanol–water partition coefficient (Wildman–Crippen LogP) is 7.41. The summed E-state index contributed by atoms with van der Waals surface area (Å²) in [7, 11) is 0. The molecule has 0 unspecified atom stereocenters. The third-order valence-electron chi connectivity index (χ3n) is 7.57. The summed E-state index contributed by atoms with van der Waals surface area (Å²) in [6.45, 7) is 18.8. The van der Waals surface area contributed by atoms with E-state index in [1.165, 1.54) is 11.1 Å². The average molecular weight is 588 g/mol. The number of carbonyl (C=O) groups is 1. The van der Waals surface area contributed by atoms with Crippen molar-refractivity contribution >= 4 is 11.9 Å². The first-order valence-corrected chi connectivity index (χ1v) is 15.0. The second-order valence-corrected chi connectivity index (χ2v) is 12.4. The van der Waals surface area contributed by atoms with E-state index in [0.717, 1.165) is 30.0 Å². The Morgan fingerprint density at radius 2 is 1.49 bits per heavy atom. The Balaban J connectivity index is 1.26. The number of hydrogen-bond donors (Lipinski definition) is 0. The molecule has 1 amide bonds. The lowest BCUT2D eigenvalue weighted by atomic mass is 9.78. The number of ether oxygens (including phenoxy) is 4. The number of hydrogen-bond acceptors (Lipinski definition) is 7. The van der Waals surface area contributed by atoms with Crippen molar-refractivity contribution in [2.45, 2.75) is 72.0 Å². The minimum Gasteiger partial charge on any atom is -0.493 e. The van der Waals surface area contributed by atoms with Crippen LogP contribution in [0.15, 0.2) is 67.4 Å². The molecular formula is C35H45N3O5. The van der Waals surface area contributed by atoms with Crippen LogP contribution in [0.25, 0.3) is 5.76 Å². The predicted molar refractivity (Wildman–Crippen MR) is 168 cm³/mol. The van der Waals surface area contributed by atoms with Crippen molar-refractivity contribution in [2.24, 2.45) is 5.92 Å². The fourth-order valence-corrected chi connectivity index (χ4v) is 4.93. The van der Waals surface area contributed by atoms with Gasteiger partial charge in [-0.3, -0.25) is 0 Å². The Hall–Kier alpha value is -4.07. The number of amides is 1. The van der Waals surface area contributed by atoms with Crippen molar-refractivity contribution in [1.82, 2.24) is 14.9 Å². The molecule has 0 radical (unpaired) electrons. The van der Waals surface area contributed by atoms with Gasteiger partial charge >= 0.3 is 6.09 Å². The molecule has 1 aromatic heterocycles. The van der Waals surface area contributed by atoms with Gasteiger partial charge < -0.3 is 23.8 Å². The van der Waals surface area contributed by atoms with E-state index in [1.807, 2.05) is 58.0 Å². The van der Waals surface area contributed by atoms with E-state index in [1.54, 1.807) is 11.1 Å². The summed E-state index contributed by atoms with van der Waals surface area (Å²) >= 11 is 0. The van der Waals surface area contributed by atoms with Crippen LogP contribution in [0.5, 0.6) is 11.5 Å². The van der Waals surface area contributed by atoms with E-state index < -0.39 is 5.60 Å². The molecule has 230 valence electrons. The largest absolute Gasteiger partial charge is 0.493 e. The monoisotopic (exact) mass is 587 g/mol. The number of benzene rings is 2. The van der Waals surface area contributed by atoms with Gasteiger partial charge in [-0.2, -0.15) is 0 Å². The van der Waals surface area contributed by atoms with Crippen molar-refractivity contribution in [3.05, 3.63) is 90.0 Å². The maximum absolute atomic E-state index is 12.3. The van der Waals surface area contributed by atoms with Crippen LogP contribution in [-0.4, -0.2) is 52.9 Å². The van der Waals surface area contributed by atoms with Crippen molar-refractivity contribution in [3.8, 4) is 11.5 Å². The van der Waals surface area contributed by atoms with Crippen LogP contribution in [0.1, 0.15) is 77.0 Å². The van der Waals surface area contributed by atoms with Crippen LogP contribution in [0.2, 0.25) is 0 Å². The molecule has 43 heavy (non-hydrogen) atoms. The summed E-state index contributed by atoms with van der Waals surface area (Å²) in [5, 5.41) is 0. The highest BCUT2D eigenvalue weighted by Crippen LogP contribution is 2.33. The Labute approximate surface area is 256 Å². The van der Waals surface area contributed by atoms with Gasteiger partial charge in [0.05, 0.1) is 18.9 Å². The first kappa shape index (κ1) is 31.9.